The Hall–Kier alpha value is -2.88. The standard InChI is InChI=1S/C19H25FN6O3/c1-4-8-26-12(2)14(20)10-13(19(28)29-3)17(26)22-18(27)15-5-6-16(24-23-15)25-9-7-21-11-25/h5-7,9,11-14,17H,4,8,10H2,1-3H3,(H,22,27). The zero-order valence-electron chi connectivity index (χ0n) is 16.7. The molecule has 1 saturated heterocycles. The van der Waals surface area contributed by atoms with Crippen molar-refractivity contribution in [2.24, 2.45) is 5.92 Å². The molecular formula is C19H25FN6O3. The van der Waals surface area contributed by atoms with Crippen molar-refractivity contribution in [3.63, 3.8) is 0 Å². The fourth-order valence-corrected chi connectivity index (χ4v) is 3.61. The van der Waals surface area contributed by atoms with E-state index >= 15 is 0 Å². The number of hydrogen-bond acceptors (Lipinski definition) is 7. The average Bonchev–Trinajstić information content (AvgIpc) is 3.27. The second kappa shape index (κ2) is 9.08. The molecule has 1 fully saturated rings. The van der Waals surface area contributed by atoms with Crippen molar-refractivity contribution in [3.05, 3.63) is 36.5 Å². The van der Waals surface area contributed by atoms with Gasteiger partial charge in [0.05, 0.1) is 19.2 Å². The molecule has 0 spiro atoms. The lowest BCUT2D eigenvalue weighted by atomic mass is 9.88. The first-order valence-corrected chi connectivity index (χ1v) is 9.56. The Bertz CT molecular complexity index is 829. The highest BCUT2D eigenvalue weighted by atomic mass is 19.1. The molecule has 0 radical (unpaired) electrons. The van der Waals surface area contributed by atoms with Gasteiger partial charge in [-0.3, -0.25) is 19.1 Å². The first-order valence-electron chi connectivity index (χ1n) is 9.56. The Balaban J connectivity index is 1.81. The van der Waals surface area contributed by atoms with Crippen LogP contribution in [0, 0.1) is 5.92 Å². The molecule has 9 nitrogen and oxygen atoms in total. The Morgan fingerprint density at radius 1 is 1.34 bits per heavy atom. The maximum atomic E-state index is 14.5. The number of methoxy groups -OCH3 is 1. The molecule has 3 rings (SSSR count). The van der Waals surface area contributed by atoms with Crippen LogP contribution < -0.4 is 5.32 Å². The summed E-state index contributed by atoms with van der Waals surface area (Å²) in [7, 11) is 1.26. The lowest BCUT2D eigenvalue weighted by molar-refractivity contribution is -0.153. The highest BCUT2D eigenvalue weighted by molar-refractivity contribution is 5.92. The summed E-state index contributed by atoms with van der Waals surface area (Å²) in [6.07, 6.45) is 3.76. The molecule has 1 amide bonds. The van der Waals surface area contributed by atoms with Gasteiger partial charge in [-0.25, -0.2) is 9.37 Å². The van der Waals surface area contributed by atoms with Crippen LogP contribution in [0.4, 0.5) is 4.39 Å². The van der Waals surface area contributed by atoms with Gasteiger partial charge in [-0.1, -0.05) is 6.92 Å². The van der Waals surface area contributed by atoms with E-state index in [0.717, 1.165) is 6.42 Å². The number of ether oxygens (including phenoxy) is 1. The van der Waals surface area contributed by atoms with Gasteiger partial charge in [-0.15, -0.1) is 10.2 Å². The second-order valence-corrected chi connectivity index (χ2v) is 7.02. The van der Waals surface area contributed by atoms with Crippen molar-refractivity contribution in [3.8, 4) is 5.82 Å². The Morgan fingerprint density at radius 2 is 2.14 bits per heavy atom. The highest BCUT2D eigenvalue weighted by Gasteiger charge is 2.45. The van der Waals surface area contributed by atoms with Gasteiger partial charge in [-0.2, -0.15) is 0 Å². The fraction of sp³-hybridized carbons (Fsp3) is 0.526. The number of carbonyl (C=O) groups excluding carboxylic acids is 2. The molecular weight excluding hydrogens is 379 g/mol. The number of likely N-dealkylation sites (tertiary alicyclic amines) is 1. The Morgan fingerprint density at radius 3 is 2.72 bits per heavy atom. The number of amides is 1. The zero-order chi connectivity index (χ0) is 21.0. The van der Waals surface area contributed by atoms with Crippen LogP contribution in [0.25, 0.3) is 5.82 Å². The quantitative estimate of drug-likeness (QED) is 0.725. The number of hydrogen-bond donors (Lipinski definition) is 1. The van der Waals surface area contributed by atoms with Crippen molar-refractivity contribution in [2.75, 3.05) is 13.7 Å². The lowest BCUT2D eigenvalue weighted by Gasteiger charge is -2.45. The molecule has 0 aliphatic carbocycles. The molecule has 0 saturated carbocycles. The lowest BCUT2D eigenvalue weighted by Crippen LogP contribution is -2.63. The third-order valence-corrected chi connectivity index (χ3v) is 5.18. The van der Waals surface area contributed by atoms with Crippen molar-refractivity contribution >= 4 is 11.9 Å². The number of nitrogens with one attached hydrogen (secondary N) is 1. The third kappa shape index (κ3) is 4.42. The van der Waals surface area contributed by atoms with Crippen molar-refractivity contribution in [2.45, 2.75) is 45.1 Å². The van der Waals surface area contributed by atoms with Crippen LogP contribution in [0.3, 0.4) is 0 Å². The van der Waals surface area contributed by atoms with Crippen molar-refractivity contribution < 1.29 is 18.7 Å². The van der Waals surface area contributed by atoms with E-state index in [-0.39, 0.29) is 12.1 Å². The van der Waals surface area contributed by atoms with Crippen molar-refractivity contribution in [1.29, 1.82) is 0 Å². The van der Waals surface area contributed by atoms with Crippen LogP contribution in [0.1, 0.15) is 37.2 Å². The smallest absolute Gasteiger partial charge is 0.312 e. The fourth-order valence-electron chi connectivity index (χ4n) is 3.61. The minimum atomic E-state index is -1.19. The van der Waals surface area contributed by atoms with Gasteiger partial charge >= 0.3 is 5.97 Å². The summed E-state index contributed by atoms with van der Waals surface area (Å²) in [4.78, 5) is 30.8. The first kappa shape index (κ1) is 20.8. The van der Waals surface area contributed by atoms with E-state index in [2.05, 4.69) is 20.5 Å². The van der Waals surface area contributed by atoms with Gasteiger partial charge in [0.1, 0.15) is 12.5 Å². The molecule has 3 heterocycles. The highest BCUT2D eigenvalue weighted by Crippen LogP contribution is 2.30. The van der Waals surface area contributed by atoms with E-state index in [1.165, 1.54) is 7.11 Å². The summed E-state index contributed by atoms with van der Waals surface area (Å²) in [5, 5.41) is 10.8. The molecule has 2 aromatic heterocycles. The molecule has 4 atom stereocenters. The molecule has 156 valence electrons. The number of halogens is 1. The normalized spacial score (nSPS) is 24.8. The first-order chi connectivity index (χ1) is 14.0. The summed E-state index contributed by atoms with van der Waals surface area (Å²) in [6, 6.07) is 2.75. The number of imidazole rings is 1. The summed E-state index contributed by atoms with van der Waals surface area (Å²) in [6.45, 7) is 4.25. The van der Waals surface area contributed by atoms with Gasteiger partial charge in [0.2, 0.25) is 0 Å². The van der Waals surface area contributed by atoms with Crippen molar-refractivity contribution in [1.82, 2.24) is 30.0 Å². The number of aromatic nitrogens is 4. The van der Waals surface area contributed by atoms with Crippen LogP contribution >= 0.6 is 0 Å². The molecule has 0 aromatic carbocycles. The van der Waals surface area contributed by atoms with Gasteiger partial charge in [0.25, 0.3) is 5.91 Å². The van der Waals surface area contributed by atoms with Gasteiger partial charge < -0.3 is 10.1 Å². The number of piperidine rings is 1. The van der Waals surface area contributed by atoms with Crippen LogP contribution in [0.15, 0.2) is 30.9 Å². The molecule has 4 unspecified atom stereocenters. The third-order valence-electron chi connectivity index (χ3n) is 5.18. The van der Waals surface area contributed by atoms with E-state index in [1.54, 1.807) is 47.2 Å². The van der Waals surface area contributed by atoms with Gasteiger partial charge in [0.15, 0.2) is 11.5 Å². The monoisotopic (exact) mass is 404 g/mol. The SMILES string of the molecule is CCCN1C(C)C(F)CC(C(=O)OC)C1NC(=O)c1ccc(-n2ccnc2)nn1. The predicted octanol–water partition coefficient (Wildman–Crippen LogP) is 1.35. The number of rotatable bonds is 6. The summed E-state index contributed by atoms with van der Waals surface area (Å²) in [5.41, 5.74) is 0.101. The van der Waals surface area contributed by atoms with E-state index in [4.69, 9.17) is 4.74 Å². The van der Waals surface area contributed by atoms with Crippen LogP contribution in [-0.4, -0.2) is 68.6 Å². The van der Waals surface area contributed by atoms with Gasteiger partial charge in [0, 0.05) is 25.0 Å². The maximum absolute atomic E-state index is 14.5. The molecule has 29 heavy (non-hydrogen) atoms. The number of nitrogens with zero attached hydrogens (tertiary/aromatic N) is 5. The second-order valence-electron chi connectivity index (χ2n) is 7.02. The number of carbonyl (C=O) groups is 2. The number of esters is 1. The van der Waals surface area contributed by atoms with Crippen LogP contribution in [0.2, 0.25) is 0 Å². The number of alkyl halides is 1. The topological polar surface area (TPSA) is 102 Å². The van der Waals surface area contributed by atoms with E-state index in [1.807, 2.05) is 6.92 Å². The van der Waals surface area contributed by atoms with E-state index < -0.39 is 36.2 Å². The van der Waals surface area contributed by atoms with Gasteiger partial charge in [-0.05, 0) is 31.9 Å². The summed E-state index contributed by atoms with van der Waals surface area (Å²) >= 11 is 0. The molecule has 10 heteroatoms. The molecule has 2 aromatic rings. The largest absolute Gasteiger partial charge is 0.469 e. The zero-order valence-corrected chi connectivity index (χ0v) is 16.7. The van der Waals surface area contributed by atoms with E-state index in [0.29, 0.717) is 12.4 Å². The molecule has 1 N–H and O–H groups in total. The average molecular weight is 404 g/mol. The van der Waals surface area contributed by atoms with Crippen LogP contribution in [0.5, 0.6) is 0 Å². The predicted molar refractivity (Wildman–Crippen MR) is 102 cm³/mol. The molecule has 0 bridgehead atoms. The summed E-state index contributed by atoms with van der Waals surface area (Å²) < 4.78 is 21.0. The minimum absolute atomic E-state index is 0.00968. The van der Waals surface area contributed by atoms with Crippen LogP contribution in [-0.2, 0) is 9.53 Å². The molecule has 1 aliphatic rings. The minimum Gasteiger partial charge on any atom is -0.469 e. The van der Waals surface area contributed by atoms with E-state index in [9.17, 15) is 14.0 Å². The Kier molecular flexibility index (Phi) is 6.53. The maximum Gasteiger partial charge on any atom is 0.312 e. The summed E-state index contributed by atoms with van der Waals surface area (Å²) in [5.74, 6) is -1.32. The Labute approximate surface area is 168 Å². The molecule has 1 aliphatic heterocycles.